The molecule has 0 unspecified atom stereocenters. The first-order chi connectivity index (χ1) is 20.7. The van der Waals surface area contributed by atoms with E-state index < -0.39 is 10.0 Å². The molecule has 0 atom stereocenters. The molecule has 5 aromatic rings. The normalized spacial score (nSPS) is 11.5. The Balaban J connectivity index is 1.16. The number of carbonyl (C=O) groups excluding carboxylic acids is 1. The molecule has 0 heterocycles. The van der Waals surface area contributed by atoms with Crippen LogP contribution in [0.25, 0.3) is 10.8 Å². The standard InChI is InChI=1S/C35H33N3O4S/c1-25-11-18-32(21-26(25)2)38(43(3,40)41)23-28-12-16-30(17-13-28)35(39)37-36-22-27-14-19-33(20-15-27)42-24-31-9-6-8-29-7-4-5-10-34(29)31/h4-22H,23-24H2,1-3H3,(H,37,39)/b36-22-. The van der Waals surface area contributed by atoms with Crippen molar-refractivity contribution in [1.82, 2.24) is 5.43 Å². The van der Waals surface area contributed by atoms with Crippen molar-refractivity contribution >= 4 is 38.6 Å². The van der Waals surface area contributed by atoms with Gasteiger partial charge in [-0.25, -0.2) is 13.8 Å². The first-order valence-electron chi connectivity index (χ1n) is 13.8. The van der Waals surface area contributed by atoms with E-state index in [0.29, 0.717) is 17.9 Å². The predicted molar refractivity (Wildman–Crippen MR) is 173 cm³/mol. The molecule has 43 heavy (non-hydrogen) atoms. The molecule has 0 aliphatic heterocycles. The van der Waals surface area contributed by atoms with Crippen LogP contribution in [0.15, 0.2) is 114 Å². The molecule has 5 rings (SSSR count). The minimum Gasteiger partial charge on any atom is -0.489 e. The van der Waals surface area contributed by atoms with E-state index in [0.717, 1.165) is 33.6 Å². The summed E-state index contributed by atoms with van der Waals surface area (Å²) in [6, 6.07) is 34.3. The van der Waals surface area contributed by atoms with Crippen LogP contribution in [-0.2, 0) is 23.2 Å². The molecular weight excluding hydrogens is 558 g/mol. The highest BCUT2D eigenvalue weighted by Gasteiger charge is 2.18. The minimum absolute atomic E-state index is 0.156. The van der Waals surface area contributed by atoms with Gasteiger partial charge < -0.3 is 4.74 Å². The lowest BCUT2D eigenvalue weighted by atomic mass is 10.1. The Bertz CT molecular complexity index is 1880. The Labute approximate surface area is 252 Å². The largest absolute Gasteiger partial charge is 0.489 e. The predicted octanol–water partition coefficient (Wildman–Crippen LogP) is 6.77. The van der Waals surface area contributed by atoms with Crippen LogP contribution >= 0.6 is 0 Å². The van der Waals surface area contributed by atoms with Gasteiger partial charge in [0.05, 0.1) is 24.7 Å². The molecule has 0 radical (unpaired) electrons. The third-order valence-corrected chi connectivity index (χ3v) is 8.40. The second kappa shape index (κ2) is 12.9. The number of anilines is 1. The van der Waals surface area contributed by atoms with Gasteiger partial charge in [-0.05, 0) is 101 Å². The zero-order chi connectivity index (χ0) is 30.4. The number of hydrazone groups is 1. The van der Waals surface area contributed by atoms with Crippen LogP contribution in [0.5, 0.6) is 5.75 Å². The summed E-state index contributed by atoms with van der Waals surface area (Å²) < 4.78 is 32.4. The number of hydrogen-bond acceptors (Lipinski definition) is 5. The summed E-state index contributed by atoms with van der Waals surface area (Å²) in [6.07, 6.45) is 2.75. The van der Waals surface area contributed by atoms with Crippen molar-refractivity contribution in [3.05, 3.63) is 143 Å². The van der Waals surface area contributed by atoms with Gasteiger partial charge in [-0.2, -0.15) is 5.10 Å². The number of benzene rings is 5. The van der Waals surface area contributed by atoms with Crippen molar-refractivity contribution in [2.45, 2.75) is 27.0 Å². The van der Waals surface area contributed by atoms with Gasteiger partial charge in [0.2, 0.25) is 10.0 Å². The molecule has 0 fully saturated rings. The first kappa shape index (κ1) is 29.5. The number of nitrogens with one attached hydrogen (secondary N) is 1. The average Bonchev–Trinajstić information content (AvgIpc) is 3.00. The number of fused-ring (bicyclic) bond motifs is 1. The molecule has 5 aromatic carbocycles. The highest BCUT2D eigenvalue weighted by Crippen LogP contribution is 2.24. The van der Waals surface area contributed by atoms with Gasteiger partial charge in [0.1, 0.15) is 12.4 Å². The fraction of sp³-hybridized carbons (Fsp3) is 0.143. The Hall–Kier alpha value is -4.95. The van der Waals surface area contributed by atoms with Gasteiger partial charge >= 0.3 is 0 Å². The zero-order valence-electron chi connectivity index (χ0n) is 24.3. The van der Waals surface area contributed by atoms with E-state index in [-0.39, 0.29) is 12.5 Å². The van der Waals surface area contributed by atoms with Crippen LogP contribution in [-0.4, -0.2) is 26.8 Å². The topological polar surface area (TPSA) is 88.1 Å². The number of hydrogen-bond donors (Lipinski definition) is 1. The number of ether oxygens (including phenoxy) is 1. The summed E-state index contributed by atoms with van der Waals surface area (Å²) in [5.74, 6) is 0.369. The lowest BCUT2D eigenvalue weighted by molar-refractivity contribution is 0.0955. The molecule has 7 nitrogen and oxygen atoms in total. The van der Waals surface area contributed by atoms with Crippen LogP contribution in [0.4, 0.5) is 5.69 Å². The molecule has 1 N–H and O–H groups in total. The third kappa shape index (κ3) is 7.47. The summed E-state index contributed by atoms with van der Waals surface area (Å²) in [4.78, 5) is 12.6. The Morgan fingerprint density at radius 2 is 1.58 bits per heavy atom. The van der Waals surface area contributed by atoms with E-state index in [9.17, 15) is 13.2 Å². The number of rotatable bonds is 10. The van der Waals surface area contributed by atoms with E-state index >= 15 is 0 Å². The van der Waals surface area contributed by atoms with Crippen LogP contribution in [0, 0.1) is 13.8 Å². The third-order valence-electron chi connectivity index (χ3n) is 7.26. The Morgan fingerprint density at radius 3 is 2.30 bits per heavy atom. The van der Waals surface area contributed by atoms with Crippen molar-refractivity contribution < 1.29 is 17.9 Å². The summed E-state index contributed by atoms with van der Waals surface area (Å²) in [7, 11) is -3.51. The van der Waals surface area contributed by atoms with Crippen molar-refractivity contribution in [1.29, 1.82) is 0 Å². The highest BCUT2D eigenvalue weighted by molar-refractivity contribution is 7.92. The lowest BCUT2D eigenvalue weighted by Gasteiger charge is -2.23. The van der Waals surface area contributed by atoms with Gasteiger partial charge in [-0.15, -0.1) is 0 Å². The summed E-state index contributed by atoms with van der Waals surface area (Å²) in [6.45, 7) is 4.55. The number of sulfonamides is 1. The van der Waals surface area contributed by atoms with Gasteiger partial charge in [0.15, 0.2) is 0 Å². The van der Waals surface area contributed by atoms with Gasteiger partial charge in [-0.3, -0.25) is 9.10 Å². The molecule has 0 aliphatic rings. The average molecular weight is 592 g/mol. The van der Waals surface area contributed by atoms with Crippen LogP contribution in [0.3, 0.4) is 0 Å². The number of carbonyl (C=O) groups is 1. The van der Waals surface area contributed by atoms with Crippen molar-refractivity contribution in [3.63, 3.8) is 0 Å². The molecule has 0 saturated heterocycles. The number of aryl methyl sites for hydroxylation is 2. The lowest BCUT2D eigenvalue weighted by Crippen LogP contribution is -2.29. The molecular formula is C35H33N3O4S. The molecule has 8 heteroatoms. The van der Waals surface area contributed by atoms with E-state index in [1.54, 1.807) is 36.5 Å². The minimum atomic E-state index is -3.51. The summed E-state index contributed by atoms with van der Waals surface area (Å²) >= 11 is 0. The molecule has 0 aromatic heterocycles. The van der Waals surface area contributed by atoms with Crippen molar-refractivity contribution in [2.75, 3.05) is 10.6 Å². The Kier molecular flexibility index (Phi) is 8.87. The van der Waals surface area contributed by atoms with Gasteiger partial charge in [-0.1, -0.05) is 60.7 Å². The molecule has 0 saturated carbocycles. The smallest absolute Gasteiger partial charge is 0.271 e. The van der Waals surface area contributed by atoms with Crippen molar-refractivity contribution in [2.24, 2.45) is 5.10 Å². The fourth-order valence-electron chi connectivity index (χ4n) is 4.67. The summed E-state index contributed by atoms with van der Waals surface area (Å²) in [5, 5.41) is 6.43. The molecule has 0 spiro atoms. The second-order valence-corrected chi connectivity index (χ2v) is 12.3. The van der Waals surface area contributed by atoms with E-state index in [4.69, 9.17) is 4.74 Å². The fourth-order valence-corrected chi connectivity index (χ4v) is 5.55. The molecule has 218 valence electrons. The van der Waals surface area contributed by atoms with Crippen LogP contribution < -0.4 is 14.5 Å². The quantitative estimate of drug-likeness (QED) is 0.144. The Morgan fingerprint density at radius 1 is 0.860 bits per heavy atom. The van der Waals surface area contributed by atoms with Crippen LogP contribution in [0.1, 0.15) is 38.2 Å². The van der Waals surface area contributed by atoms with E-state index in [1.807, 2.05) is 68.4 Å². The van der Waals surface area contributed by atoms with Crippen LogP contribution in [0.2, 0.25) is 0 Å². The zero-order valence-corrected chi connectivity index (χ0v) is 25.1. The summed E-state index contributed by atoms with van der Waals surface area (Å²) in [5.41, 5.74) is 8.34. The number of nitrogens with zero attached hydrogens (tertiary/aromatic N) is 2. The van der Waals surface area contributed by atoms with Gasteiger partial charge in [0.25, 0.3) is 5.91 Å². The SMILES string of the molecule is Cc1ccc(N(Cc2ccc(C(=O)N/N=C\c3ccc(OCc4cccc5ccccc45)cc3)cc2)S(C)(=O)=O)cc1C. The van der Waals surface area contributed by atoms with Gasteiger partial charge in [0, 0.05) is 5.56 Å². The number of amides is 1. The maximum atomic E-state index is 12.6. The molecule has 0 aliphatic carbocycles. The van der Waals surface area contributed by atoms with E-state index in [1.165, 1.54) is 21.3 Å². The molecule has 1 amide bonds. The van der Waals surface area contributed by atoms with Crippen molar-refractivity contribution in [3.8, 4) is 5.75 Å². The maximum absolute atomic E-state index is 12.6. The van der Waals surface area contributed by atoms with E-state index in [2.05, 4.69) is 34.8 Å². The molecule has 0 bridgehead atoms. The first-order valence-corrected chi connectivity index (χ1v) is 15.7. The highest BCUT2D eigenvalue weighted by atomic mass is 32.2. The maximum Gasteiger partial charge on any atom is 0.271 e. The monoisotopic (exact) mass is 591 g/mol. The second-order valence-electron chi connectivity index (χ2n) is 10.4.